The molecule has 33 heavy (non-hydrogen) atoms. The molecular weight excluding hydrogens is 420 g/mol. The molecule has 174 valence electrons. The SMILES string of the molecule is COc1ccc(NC(=O)N2CCN3[C@H](C2)C(=O)N(Cc2ccccc2)C32CCOCC2)cc1. The minimum absolute atomic E-state index is 0.0997. The van der Waals surface area contributed by atoms with Gasteiger partial charge in [0.15, 0.2) is 0 Å². The van der Waals surface area contributed by atoms with Crippen LogP contribution >= 0.6 is 0 Å². The number of nitrogens with zero attached hydrogens (tertiary/aromatic N) is 3. The molecule has 2 aromatic carbocycles. The van der Waals surface area contributed by atoms with Crippen molar-refractivity contribution in [3.63, 3.8) is 0 Å². The van der Waals surface area contributed by atoms with E-state index in [1.54, 1.807) is 12.0 Å². The zero-order chi connectivity index (χ0) is 22.8. The Hall–Kier alpha value is -3.10. The Kier molecular flexibility index (Phi) is 5.95. The molecule has 3 fully saturated rings. The minimum atomic E-state index is -0.339. The fourth-order valence-electron chi connectivity index (χ4n) is 5.34. The van der Waals surface area contributed by atoms with E-state index in [4.69, 9.17) is 9.47 Å². The number of carbonyl (C=O) groups excluding carboxylic acids is 2. The third-order valence-corrected chi connectivity index (χ3v) is 7.07. The number of urea groups is 1. The van der Waals surface area contributed by atoms with E-state index in [-0.39, 0.29) is 23.6 Å². The van der Waals surface area contributed by atoms with E-state index >= 15 is 0 Å². The molecule has 3 aliphatic rings. The van der Waals surface area contributed by atoms with Crippen LogP contribution in [0, 0.1) is 0 Å². The Morgan fingerprint density at radius 1 is 1.09 bits per heavy atom. The molecule has 1 spiro atoms. The van der Waals surface area contributed by atoms with Crippen molar-refractivity contribution in [3.8, 4) is 5.75 Å². The van der Waals surface area contributed by atoms with Crippen molar-refractivity contribution in [2.75, 3.05) is 45.3 Å². The number of benzene rings is 2. The second-order valence-corrected chi connectivity index (χ2v) is 8.82. The number of hydrogen-bond donors (Lipinski definition) is 1. The van der Waals surface area contributed by atoms with E-state index in [1.165, 1.54) is 0 Å². The Bertz CT molecular complexity index is 991. The number of nitrogens with one attached hydrogen (secondary N) is 1. The second-order valence-electron chi connectivity index (χ2n) is 8.82. The first-order valence-corrected chi connectivity index (χ1v) is 11.5. The van der Waals surface area contributed by atoms with Crippen LogP contribution < -0.4 is 10.1 Å². The third kappa shape index (κ3) is 4.05. The van der Waals surface area contributed by atoms with E-state index in [9.17, 15) is 9.59 Å². The van der Waals surface area contributed by atoms with Gasteiger partial charge in [-0.15, -0.1) is 0 Å². The molecule has 1 atom stereocenters. The van der Waals surface area contributed by atoms with Crippen LogP contribution in [-0.2, 0) is 16.1 Å². The first kappa shape index (κ1) is 21.7. The highest BCUT2D eigenvalue weighted by molar-refractivity contribution is 5.91. The van der Waals surface area contributed by atoms with Crippen LogP contribution in [-0.4, -0.2) is 78.3 Å². The summed E-state index contributed by atoms with van der Waals surface area (Å²) in [5.41, 5.74) is 1.48. The van der Waals surface area contributed by atoms with Gasteiger partial charge in [0.1, 0.15) is 17.5 Å². The van der Waals surface area contributed by atoms with E-state index in [2.05, 4.69) is 22.3 Å². The molecule has 0 unspecified atom stereocenters. The molecule has 0 aromatic heterocycles. The smallest absolute Gasteiger partial charge is 0.321 e. The van der Waals surface area contributed by atoms with Crippen LogP contribution in [0.3, 0.4) is 0 Å². The van der Waals surface area contributed by atoms with Crippen LogP contribution in [0.1, 0.15) is 18.4 Å². The predicted molar refractivity (Wildman–Crippen MR) is 124 cm³/mol. The van der Waals surface area contributed by atoms with Gasteiger partial charge in [0.25, 0.3) is 0 Å². The molecule has 3 heterocycles. The third-order valence-electron chi connectivity index (χ3n) is 7.07. The van der Waals surface area contributed by atoms with Gasteiger partial charge in [0.05, 0.1) is 20.3 Å². The summed E-state index contributed by atoms with van der Waals surface area (Å²) in [6.07, 6.45) is 1.58. The van der Waals surface area contributed by atoms with Crippen molar-refractivity contribution < 1.29 is 19.1 Å². The van der Waals surface area contributed by atoms with Crippen LogP contribution in [0.25, 0.3) is 0 Å². The number of piperazine rings is 1. The fourth-order valence-corrected chi connectivity index (χ4v) is 5.34. The molecule has 3 saturated heterocycles. The summed E-state index contributed by atoms with van der Waals surface area (Å²) in [6, 6.07) is 16.8. The maximum Gasteiger partial charge on any atom is 0.321 e. The highest BCUT2D eigenvalue weighted by Gasteiger charge is 2.58. The number of ether oxygens (including phenoxy) is 2. The van der Waals surface area contributed by atoms with E-state index in [0.717, 1.165) is 24.2 Å². The average molecular weight is 451 g/mol. The largest absolute Gasteiger partial charge is 0.497 e. The maximum absolute atomic E-state index is 13.7. The number of rotatable bonds is 4. The molecule has 3 amide bonds. The van der Waals surface area contributed by atoms with Crippen molar-refractivity contribution in [1.29, 1.82) is 0 Å². The molecule has 3 aliphatic heterocycles. The molecule has 0 radical (unpaired) electrons. The second kappa shape index (κ2) is 9.03. The topological polar surface area (TPSA) is 74.4 Å². The number of fused-ring (bicyclic) bond motifs is 2. The van der Waals surface area contributed by atoms with Crippen molar-refractivity contribution >= 4 is 17.6 Å². The summed E-state index contributed by atoms with van der Waals surface area (Å²) in [4.78, 5) is 32.8. The first-order chi connectivity index (χ1) is 16.1. The lowest BCUT2D eigenvalue weighted by Crippen LogP contribution is -2.62. The Morgan fingerprint density at radius 3 is 2.52 bits per heavy atom. The summed E-state index contributed by atoms with van der Waals surface area (Å²) in [7, 11) is 1.61. The van der Waals surface area contributed by atoms with Crippen LogP contribution in [0.2, 0.25) is 0 Å². The number of carbonyl (C=O) groups is 2. The normalized spacial score (nSPS) is 22.3. The summed E-state index contributed by atoms with van der Waals surface area (Å²) in [6.45, 7) is 3.48. The Labute approximate surface area is 194 Å². The number of methoxy groups -OCH3 is 1. The molecule has 0 saturated carbocycles. The van der Waals surface area contributed by atoms with Gasteiger partial charge in [-0.1, -0.05) is 30.3 Å². The maximum atomic E-state index is 13.7. The standard InChI is InChI=1S/C25H30N4O4/c1-32-21-9-7-20(8-10-21)26-24(31)27-13-14-28-22(18-27)23(30)29(17-19-5-3-2-4-6-19)25(28)11-15-33-16-12-25/h2-10,22H,11-18H2,1H3,(H,26,31)/t22-/m1/s1. The van der Waals surface area contributed by atoms with E-state index in [0.29, 0.717) is 45.1 Å². The van der Waals surface area contributed by atoms with Crippen molar-refractivity contribution in [2.24, 2.45) is 0 Å². The van der Waals surface area contributed by atoms with Crippen molar-refractivity contribution in [3.05, 3.63) is 60.2 Å². The highest BCUT2D eigenvalue weighted by atomic mass is 16.5. The Morgan fingerprint density at radius 2 is 1.82 bits per heavy atom. The number of anilines is 1. The van der Waals surface area contributed by atoms with E-state index < -0.39 is 0 Å². The van der Waals surface area contributed by atoms with Crippen LogP contribution in [0.4, 0.5) is 10.5 Å². The van der Waals surface area contributed by atoms with Crippen LogP contribution in [0.5, 0.6) is 5.75 Å². The van der Waals surface area contributed by atoms with Crippen molar-refractivity contribution in [2.45, 2.75) is 31.1 Å². The van der Waals surface area contributed by atoms with E-state index in [1.807, 2.05) is 47.4 Å². The zero-order valence-electron chi connectivity index (χ0n) is 18.9. The van der Waals surface area contributed by atoms with Gasteiger partial charge in [0, 0.05) is 44.7 Å². The van der Waals surface area contributed by atoms with Gasteiger partial charge < -0.3 is 24.6 Å². The average Bonchev–Trinajstić information content (AvgIpc) is 3.08. The lowest BCUT2D eigenvalue weighted by atomic mass is 9.96. The first-order valence-electron chi connectivity index (χ1n) is 11.5. The summed E-state index contributed by atoms with van der Waals surface area (Å²) < 4.78 is 10.8. The lowest BCUT2D eigenvalue weighted by molar-refractivity contribution is -0.137. The Balaban J connectivity index is 1.33. The quantitative estimate of drug-likeness (QED) is 0.776. The molecule has 1 N–H and O–H groups in total. The molecule has 5 rings (SSSR count). The van der Waals surface area contributed by atoms with Crippen LogP contribution in [0.15, 0.2) is 54.6 Å². The lowest BCUT2D eigenvalue weighted by Gasteiger charge is -2.49. The summed E-state index contributed by atoms with van der Waals surface area (Å²) >= 11 is 0. The highest BCUT2D eigenvalue weighted by Crippen LogP contribution is 2.42. The summed E-state index contributed by atoms with van der Waals surface area (Å²) in [5, 5.41) is 2.95. The molecule has 8 heteroatoms. The molecule has 0 aliphatic carbocycles. The molecule has 0 bridgehead atoms. The van der Waals surface area contributed by atoms with Gasteiger partial charge >= 0.3 is 6.03 Å². The number of amides is 3. The minimum Gasteiger partial charge on any atom is -0.497 e. The van der Waals surface area contributed by atoms with Gasteiger partial charge in [-0.2, -0.15) is 0 Å². The van der Waals surface area contributed by atoms with Gasteiger partial charge in [-0.3, -0.25) is 9.69 Å². The monoisotopic (exact) mass is 450 g/mol. The fraction of sp³-hybridized carbons (Fsp3) is 0.440. The summed E-state index contributed by atoms with van der Waals surface area (Å²) in [5.74, 6) is 0.834. The number of hydrogen-bond acceptors (Lipinski definition) is 5. The predicted octanol–water partition coefficient (Wildman–Crippen LogP) is 2.76. The van der Waals surface area contributed by atoms with Gasteiger partial charge in [-0.25, -0.2) is 4.79 Å². The zero-order valence-corrected chi connectivity index (χ0v) is 18.9. The van der Waals surface area contributed by atoms with Gasteiger partial charge in [0.2, 0.25) is 5.91 Å². The van der Waals surface area contributed by atoms with Gasteiger partial charge in [-0.05, 0) is 29.8 Å². The molecular formula is C25H30N4O4. The molecule has 8 nitrogen and oxygen atoms in total. The molecule has 2 aromatic rings. The van der Waals surface area contributed by atoms with Crippen molar-refractivity contribution in [1.82, 2.24) is 14.7 Å².